The number of hydrogen-bond donors (Lipinski definition) is 1. The highest BCUT2D eigenvalue weighted by atomic mass is 32.1. The molecule has 1 aromatic heterocycles. The normalized spacial score (nSPS) is 11.0. The molecule has 2 aromatic carbocycles. The van der Waals surface area contributed by atoms with Crippen molar-refractivity contribution in [2.45, 2.75) is 27.4 Å². The SMILES string of the molecule is Cc1ccc(C(=O)C=C(Nc2sc(C)c(C)c2C#N)C(=O)OCc2ccccc2)cc1. The molecule has 0 aliphatic heterocycles. The van der Waals surface area contributed by atoms with Gasteiger partial charge in [0.15, 0.2) is 5.78 Å². The first-order valence-electron chi connectivity index (χ1n) is 9.70. The molecular weight excluding hydrogens is 408 g/mol. The Morgan fingerprint density at radius 3 is 2.39 bits per heavy atom. The molecule has 0 unspecified atom stereocenters. The number of thiophene rings is 1. The average Bonchev–Trinajstić information content (AvgIpc) is 3.05. The van der Waals surface area contributed by atoms with Gasteiger partial charge in [0, 0.05) is 16.5 Å². The van der Waals surface area contributed by atoms with Gasteiger partial charge in [0.2, 0.25) is 0 Å². The summed E-state index contributed by atoms with van der Waals surface area (Å²) in [7, 11) is 0. The van der Waals surface area contributed by atoms with Crippen molar-refractivity contribution in [3.63, 3.8) is 0 Å². The molecule has 0 aliphatic carbocycles. The van der Waals surface area contributed by atoms with Crippen molar-refractivity contribution in [3.8, 4) is 6.07 Å². The standard InChI is InChI=1S/C25H22N2O3S/c1-16-9-11-20(12-10-16)23(28)13-22(25(29)30-15-19-7-5-4-6-8-19)27-24-21(14-26)17(2)18(3)31-24/h4-13,27H,15H2,1-3H3. The van der Waals surface area contributed by atoms with Gasteiger partial charge in [-0.2, -0.15) is 5.26 Å². The highest BCUT2D eigenvalue weighted by molar-refractivity contribution is 7.16. The smallest absolute Gasteiger partial charge is 0.355 e. The first-order chi connectivity index (χ1) is 14.9. The van der Waals surface area contributed by atoms with Crippen molar-refractivity contribution in [2.24, 2.45) is 0 Å². The Balaban J connectivity index is 1.90. The highest BCUT2D eigenvalue weighted by Crippen LogP contribution is 2.32. The third-order valence-corrected chi connectivity index (χ3v) is 5.91. The molecule has 1 N–H and O–H groups in total. The van der Waals surface area contributed by atoms with Crippen LogP contribution in [0.25, 0.3) is 0 Å². The summed E-state index contributed by atoms with van der Waals surface area (Å²) < 4.78 is 5.43. The lowest BCUT2D eigenvalue weighted by atomic mass is 10.1. The van der Waals surface area contributed by atoms with E-state index in [1.54, 1.807) is 12.1 Å². The lowest BCUT2D eigenvalue weighted by molar-refractivity contribution is -0.140. The van der Waals surface area contributed by atoms with Gasteiger partial charge < -0.3 is 10.1 Å². The average molecular weight is 431 g/mol. The number of carbonyl (C=O) groups excluding carboxylic acids is 2. The Morgan fingerprint density at radius 1 is 1.06 bits per heavy atom. The van der Waals surface area contributed by atoms with E-state index in [2.05, 4.69) is 11.4 Å². The third kappa shape index (κ3) is 5.47. The molecule has 1 heterocycles. The zero-order valence-electron chi connectivity index (χ0n) is 17.6. The minimum Gasteiger partial charge on any atom is -0.456 e. The second-order valence-electron chi connectivity index (χ2n) is 7.07. The summed E-state index contributed by atoms with van der Waals surface area (Å²) in [6, 6.07) is 18.5. The van der Waals surface area contributed by atoms with E-state index in [9.17, 15) is 14.9 Å². The number of anilines is 1. The molecule has 0 saturated carbocycles. The molecule has 3 rings (SSSR count). The van der Waals surface area contributed by atoms with Crippen molar-refractivity contribution in [3.05, 3.63) is 99.1 Å². The van der Waals surface area contributed by atoms with E-state index in [-0.39, 0.29) is 18.1 Å². The van der Waals surface area contributed by atoms with E-state index in [1.165, 1.54) is 17.4 Å². The maximum absolute atomic E-state index is 12.8. The zero-order chi connectivity index (χ0) is 22.4. The van der Waals surface area contributed by atoms with Gasteiger partial charge in [-0.15, -0.1) is 11.3 Å². The molecule has 6 heteroatoms. The van der Waals surface area contributed by atoms with Crippen LogP contribution in [-0.4, -0.2) is 11.8 Å². The van der Waals surface area contributed by atoms with Crippen LogP contribution < -0.4 is 5.32 Å². The molecule has 3 aromatic rings. The van der Waals surface area contributed by atoms with Gasteiger partial charge in [-0.1, -0.05) is 60.2 Å². The van der Waals surface area contributed by atoms with Crippen LogP contribution in [0.15, 0.2) is 66.4 Å². The lowest BCUT2D eigenvalue weighted by Crippen LogP contribution is -2.16. The maximum atomic E-state index is 12.8. The van der Waals surface area contributed by atoms with Gasteiger partial charge in [0.05, 0.1) is 5.56 Å². The molecular formula is C25H22N2O3S. The Hall–Kier alpha value is -3.69. The second-order valence-corrected chi connectivity index (χ2v) is 8.30. The van der Waals surface area contributed by atoms with Crippen molar-refractivity contribution < 1.29 is 14.3 Å². The second kappa shape index (κ2) is 9.88. The molecule has 0 bridgehead atoms. The molecule has 0 fully saturated rings. The summed E-state index contributed by atoms with van der Waals surface area (Å²) in [5.41, 5.74) is 3.60. The van der Waals surface area contributed by atoms with Crippen LogP contribution in [0.4, 0.5) is 5.00 Å². The number of ether oxygens (including phenoxy) is 1. The number of nitriles is 1. The van der Waals surface area contributed by atoms with Crippen molar-refractivity contribution in [2.75, 3.05) is 5.32 Å². The van der Waals surface area contributed by atoms with E-state index >= 15 is 0 Å². The lowest BCUT2D eigenvalue weighted by Gasteiger charge is -2.11. The number of nitrogens with zero attached hydrogens (tertiary/aromatic N) is 1. The predicted octanol–water partition coefficient (Wildman–Crippen LogP) is 5.47. The molecule has 0 radical (unpaired) electrons. The fraction of sp³-hybridized carbons (Fsp3) is 0.160. The van der Waals surface area contributed by atoms with E-state index in [1.807, 2.05) is 63.2 Å². The number of esters is 1. The number of rotatable bonds is 7. The largest absolute Gasteiger partial charge is 0.456 e. The number of hydrogen-bond acceptors (Lipinski definition) is 6. The minimum atomic E-state index is -0.670. The molecule has 0 aliphatic rings. The van der Waals surface area contributed by atoms with Crippen molar-refractivity contribution in [1.29, 1.82) is 5.26 Å². The van der Waals surface area contributed by atoms with Crippen LogP contribution in [-0.2, 0) is 16.1 Å². The number of ketones is 1. The molecule has 0 saturated heterocycles. The van der Waals surface area contributed by atoms with E-state index < -0.39 is 5.97 Å². The Morgan fingerprint density at radius 2 is 1.74 bits per heavy atom. The number of allylic oxidation sites excluding steroid dienone is 1. The van der Waals surface area contributed by atoms with Crippen LogP contribution in [0.2, 0.25) is 0 Å². The van der Waals surface area contributed by atoms with Crippen LogP contribution in [0, 0.1) is 32.1 Å². The summed E-state index contributed by atoms with van der Waals surface area (Å²) >= 11 is 1.36. The van der Waals surface area contributed by atoms with E-state index in [0.717, 1.165) is 21.6 Å². The van der Waals surface area contributed by atoms with Gasteiger partial charge in [0.1, 0.15) is 23.4 Å². The number of benzene rings is 2. The Labute approximate surface area is 185 Å². The summed E-state index contributed by atoms with van der Waals surface area (Å²) in [5.74, 6) is -1.00. The van der Waals surface area contributed by atoms with E-state index in [4.69, 9.17) is 4.74 Å². The Kier molecular flexibility index (Phi) is 7.01. The highest BCUT2D eigenvalue weighted by Gasteiger charge is 2.19. The number of carbonyl (C=O) groups is 2. The molecule has 0 spiro atoms. The minimum absolute atomic E-state index is 0.0146. The van der Waals surface area contributed by atoms with Gasteiger partial charge in [-0.3, -0.25) is 4.79 Å². The summed E-state index contributed by atoms with van der Waals surface area (Å²) in [4.78, 5) is 26.6. The maximum Gasteiger partial charge on any atom is 0.355 e. The molecule has 5 nitrogen and oxygen atoms in total. The molecule has 0 atom stereocenters. The molecule has 0 amide bonds. The third-order valence-electron chi connectivity index (χ3n) is 4.79. The van der Waals surface area contributed by atoms with Crippen LogP contribution in [0.3, 0.4) is 0 Å². The Bertz CT molecular complexity index is 1170. The van der Waals surface area contributed by atoms with Gasteiger partial charge >= 0.3 is 5.97 Å². The molecule has 156 valence electrons. The number of aryl methyl sites for hydroxylation is 2. The fourth-order valence-corrected chi connectivity index (χ4v) is 3.87. The summed E-state index contributed by atoms with van der Waals surface area (Å²) in [6.07, 6.45) is 1.23. The predicted molar refractivity (Wildman–Crippen MR) is 122 cm³/mol. The van der Waals surface area contributed by atoms with Gasteiger partial charge in [-0.05, 0) is 31.9 Å². The van der Waals surface area contributed by atoms with Crippen LogP contribution in [0.1, 0.15) is 37.5 Å². The first-order valence-corrected chi connectivity index (χ1v) is 10.5. The van der Waals surface area contributed by atoms with Crippen LogP contribution in [0.5, 0.6) is 0 Å². The van der Waals surface area contributed by atoms with Gasteiger partial charge in [0.25, 0.3) is 0 Å². The van der Waals surface area contributed by atoms with Crippen molar-refractivity contribution >= 4 is 28.1 Å². The van der Waals surface area contributed by atoms with Crippen LogP contribution >= 0.6 is 11.3 Å². The summed E-state index contributed by atoms with van der Waals surface area (Å²) in [6.45, 7) is 5.76. The first kappa shape index (κ1) is 22.0. The number of nitrogens with one attached hydrogen (secondary N) is 1. The topological polar surface area (TPSA) is 79.2 Å². The van der Waals surface area contributed by atoms with E-state index in [0.29, 0.717) is 16.1 Å². The monoisotopic (exact) mass is 430 g/mol. The van der Waals surface area contributed by atoms with Gasteiger partial charge in [-0.25, -0.2) is 4.79 Å². The molecule has 31 heavy (non-hydrogen) atoms. The zero-order valence-corrected chi connectivity index (χ0v) is 18.4. The fourth-order valence-electron chi connectivity index (χ4n) is 2.85. The summed E-state index contributed by atoms with van der Waals surface area (Å²) in [5, 5.41) is 13.0. The quantitative estimate of drug-likeness (QED) is 0.306. The van der Waals surface area contributed by atoms with Crippen molar-refractivity contribution in [1.82, 2.24) is 0 Å².